The Morgan fingerprint density at radius 3 is 2.02 bits per heavy atom. The molecule has 0 aromatic heterocycles. The number of rotatable bonds is 12. The fourth-order valence-corrected chi connectivity index (χ4v) is 6.53. The Hall–Kier alpha value is -4.00. The minimum atomic E-state index is -4.30. The lowest BCUT2D eigenvalue weighted by Gasteiger charge is -2.36. The van der Waals surface area contributed by atoms with Crippen LogP contribution in [0.15, 0.2) is 36.4 Å². The van der Waals surface area contributed by atoms with E-state index in [1.54, 1.807) is 19.9 Å². The summed E-state index contributed by atoms with van der Waals surface area (Å²) in [5.74, 6) is 0.821. The molecule has 2 aliphatic rings. The summed E-state index contributed by atoms with van der Waals surface area (Å²) in [7, 11) is 3.67. The van der Waals surface area contributed by atoms with Gasteiger partial charge in [0, 0.05) is 63.7 Å². The number of halogens is 3. The van der Waals surface area contributed by atoms with Crippen molar-refractivity contribution in [3.8, 4) is 0 Å². The van der Waals surface area contributed by atoms with Gasteiger partial charge in [-0.3, -0.25) is 9.59 Å². The van der Waals surface area contributed by atoms with Gasteiger partial charge in [0.15, 0.2) is 0 Å². The van der Waals surface area contributed by atoms with Gasteiger partial charge in [0.2, 0.25) is 12.8 Å². The summed E-state index contributed by atoms with van der Waals surface area (Å²) in [6, 6.07) is 10.8. The highest BCUT2D eigenvalue weighted by atomic mass is 19.4. The van der Waals surface area contributed by atoms with Gasteiger partial charge in [-0.15, -0.1) is 0 Å². The number of aryl methyl sites for hydroxylation is 2. The lowest BCUT2D eigenvalue weighted by atomic mass is 10.00. The molecule has 0 bridgehead atoms. The largest absolute Gasteiger partial charge is 0.418 e. The van der Waals surface area contributed by atoms with Crippen molar-refractivity contribution >= 4 is 30.2 Å². The minimum Gasteiger partial charge on any atom is -0.399 e. The number of alkyl halides is 3. The van der Waals surface area contributed by atoms with Gasteiger partial charge in [-0.1, -0.05) is 50.6 Å². The predicted molar refractivity (Wildman–Crippen MR) is 216 cm³/mol. The second kappa shape index (κ2) is 25.9. The van der Waals surface area contributed by atoms with Crippen molar-refractivity contribution in [1.29, 1.82) is 0 Å². The van der Waals surface area contributed by atoms with Crippen molar-refractivity contribution in [3.63, 3.8) is 0 Å². The number of likely N-dealkylation sites (tertiary alicyclic amines) is 2. The molecule has 0 unspecified atom stereocenters. The summed E-state index contributed by atoms with van der Waals surface area (Å²) in [4.78, 5) is 41.3. The van der Waals surface area contributed by atoms with Gasteiger partial charge in [0.05, 0.1) is 5.56 Å². The van der Waals surface area contributed by atoms with E-state index in [4.69, 9.17) is 5.73 Å². The normalized spacial score (nSPS) is 14.7. The monoisotopic (exact) mass is 764 g/mol. The summed E-state index contributed by atoms with van der Waals surface area (Å²) >= 11 is 0. The average molecular weight is 764 g/mol. The molecule has 306 valence electrons. The molecule has 2 aromatic carbocycles. The van der Waals surface area contributed by atoms with Gasteiger partial charge in [0.25, 0.3) is 0 Å². The number of benzene rings is 2. The Balaban J connectivity index is 0.000000399. The van der Waals surface area contributed by atoms with Crippen LogP contribution in [0.3, 0.4) is 0 Å². The smallest absolute Gasteiger partial charge is 0.399 e. The number of carbonyl (C=O) groups excluding carboxylic acids is 3. The highest BCUT2D eigenvalue weighted by Gasteiger charge is 2.34. The standard InChI is InChI=1S/C17H26N4O2.C10H12F3N.C7H13NO.C7H17N/c1-2-19-17(23)20-11-8-15(9-12-20)21(13-22)10-7-14-5-3-4-6-16(14)18;1-6-4-7(2)9(14-3)8(5-6)10(11,12)13;1-7-2-4-8(6-9)5-3-7;1-4-6-8(3)7-5-2/h3-6,13,15H,2,7-12,18H2,1H3,(H,19,23);4-5,14H,1-3H3;6-7H,2-5H2,1H3;4-7H2,1-3H3. The predicted octanol–water partition coefficient (Wildman–Crippen LogP) is 7.44. The van der Waals surface area contributed by atoms with Gasteiger partial charge in [-0.25, -0.2) is 4.79 Å². The zero-order valence-corrected chi connectivity index (χ0v) is 34.1. The second-order valence-electron chi connectivity index (χ2n) is 14.2. The molecule has 2 heterocycles. The van der Waals surface area contributed by atoms with Crippen molar-refractivity contribution in [1.82, 2.24) is 24.9 Å². The van der Waals surface area contributed by atoms with Crippen LogP contribution in [0.1, 0.15) is 88.5 Å². The molecule has 2 aliphatic heterocycles. The average Bonchev–Trinajstić information content (AvgIpc) is 3.14. The highest BCUT2D eigenvalue weighted by molar-refractivity contribution is 5.74. The van der Waals surface area contributed by atoms with Crippen LogP contribution in [0.25, 0.3) is 0 Å². The van der Waals surface area contributed by atoms with Crippen LogP contribution in [-0.2, 0) is 22.2 Å². The molecular formula is C41H68F3N7O3. The molecule has 54 heavy (non-hydrogen) atoms. The van der Waals surface area contributed by atoms with Gasteiger partial charge in [-0.05, 0) is 115 Å². The number of anilines is 2. The molecule has 10 nitrogen and oxygen atoms in total. The van der Waals surface area contributed by atoms with E-state index >= 15 is 0 Å². The molecule has 4 amide bonds. The molecule has 13 heteroatoms. The zero-order chi connectivity index (χ0) is 40.7. The third-order valence-electron chi connectivity index (χ3n) is 9.59. The van der Waals surface area contributed by atoms with Crippen LogP contribution in [0, 0.1) is 19.8 Å². The Labute approximate surface area is 323 Å². The van der Waals surface area contributed by atoms with E-state index in [-0.39, 0.29) is 17.8 Å². The fourth-order valence-electron chi connectivity index (χ4n) is 6.53. The van der Waals surface area contributed by atoms with Crippen LogP contribution in [0.4, 0.5) is 29.3 Å². The summed E-state index contributed by atoms with van der Waals surface area (Å²) < 4.78 is 37.7. The molecule has 2 fully saturated rings. The van der Waals surface area contributed by atoms with Gasteiger partial charge in [0.1, 0.15) is 0 Å². The van der Waals surface area contributed by atoms with E-state index in [1.807, 2.05) is 45.9 Å². The fraction of sp³-hybridized carbons (Fsp3) is 0.634. The van der Waals surface area contributed by atoms with Crippen molar-refractivity contribution in [2.45, 2.75) is 98.7 Å². The molecule has 0 spiro atoms. The minimum absolute atomic E-state index is 0.0133. The van der Waals surface area contributed by atoms with Crippen LogP contribution in [0.5, 0.6) is 0 Å². The molecule has 4 rings (SSSR count). The Bertz CT molecular complexity index is 1360. The maximum atomic E-state index is 12.6. The number of hydrogen-bond acceptors (Lipinski definition) is 6. The molecule has 4 N–H and O–H groups in total. The SMILES string of the molecule is CC1CCN(C=O)CC1.CCCN(C)CCC.CCNC(=O)N1CCC(N(C=O)CCc2ccccc2N)CC1.CNc1c(C)cc(C)cc1C(F)(F)F. The van der Waals surface area contributed by atoms with Crippen molar-refractivity contribution < 1.29 is 27.6 Å². The highest BCUT2D eigenvalue weighted by Crippen LogP contribution is 2.37. The van der Waals surface area contributed by atoms with Crippen LogP contribution < -0.4 is 16.4 Å². The van der Waals surface area contributed by atoms with Crippen LogP contribution in [-0.4, -0.2) is 111 Å². The molecule has 0 atom stereocenters. The number of carbonyl (C=O) groups is 3. The first kappa shape index (κ1) is 48.0. The lowest BCUT2D eigenvalue weighted by molar-refractivity contribution is -0.137. The maximum Gasteiger partial charge on any atom is 0.418 e. The van der Waals surface area contributed by atoms with Gasteiger partial charge >= 0.3 is 12.2 Å². The third kappa shape index (κ3) is 17.9. The summed E-state index contributed by atoms with van der Waals surface area (Å²) in [6.45, 7) is 19.0. The van der Waals surface area contributed by atoms with Crippen molar-refractivity contribution in [2.24, 2.45) is 5.92 Å². The van der Waals surface area contributed by atoms with E-state index in [9.17, 15) is 27.6 Å². The number of urea groups is 1. The van der Waals surface area contributed by atoms with E-state index < -0.39 is 11.7 Å². The number of nitrogens with zero attached hydrogens (tertiary/aromatic N) is 4. The Morgan fingerprint density at radius 2 is 1.54 bits per heavy atom. The number of nitrogens with two attached hydrogens (primary N) is 1. The van der Waals surface area contributed by atoms with Crippen LogP contribution >= 0.6 is 0 Å². The summed E-state index contributed by atoms with van der Waals surface area (Å²) in [6.07, 6.45) is 4.87. The molecule has 2 saturated heterocycles. The van der Waals surface area contributed by atoms with Crippen molar-refractivity contribution in [3.05, 3.63) is 58.7 Å². The summed E-state index contributed by atoms with van der Waals surface area (Å²) in [5, 5.41) is 5.39. The Morgan fingerprint density at radius 1 is 0.944 bits per heavy atom. The quantitative estimate of drug-likeness (QED) is 0.153. The Kier molecular flexibility index (Phi) is 23.0. The first-order valence-electron chi connectivity index (χ1n) is 19.5. The maximum absolute atomic E-state index is 12.6. The van der Waals surface area contributed by atoms with Crippen LogP contribution in [0.2, 0.25) is 0 Å². The number of amides is 4. The number of nitrogens with one attached hydrogen (secondary N) is 2. The van der Waals surface area contributed by atoms with E-state index in [0.29, 0.717) is 37.3 Å². The number of hydrogen-bond donors (Lipinski definition) is 3. The zero-order valence-electron chi connectivity index (χ0n) is 34.1. The van der Waals surface area contributed by atoms with Gasteiger partial charge in [-0.2, -0.15) is 13.2 Å². The van der Waals surface area contributed by atoms with E-state index in [2.05, 4.69) is 43.4 Å². The number of piperidine rings is 2. The van der Waals surface area contributed by atoms with E-state index in [0.717, 1.165) is 68.4 Å². The number of para-hydroxylation sites is 1. The molecule has 0 radical (unpaired) electrons. The lowest BCUT2D eigenvalue weighted by Crippen LogP contribution is -2.49. The molecular weight excluding hydrogens is 695 g/mol. The second-order valence-corrected chi connectivity index (χ2v) is 14.2. The summed E-state index contributed by atoms with van der Waals surface area (Å²) in [5.41, 5.74) is 8.57. The molecule has 0 saturated carbocycles. The van der Waals surface area contributed by atoms with E-state index in [1.165, 1.54) is 45.8 Å². The number of nitrogen functional groups attached to an aromatic ring is 1. The molecule has 0 aliphatic carbocycles. The molecule has 2 aromatic rings. The van der Waals surface area contributed by atoms with Gasteiger partial charge < -0.3 is 36.0 Å². The third-order valence-corrected chi connectivity index (χ3v) is 9.59. The first-order chi connectivity index (χ1) is 25.6. The first-order valence-corrected chi connectivity index (χ1v) is 19.5. The van der Waals surface area contributed by atoms with Crippen molar-refractivity contribution in [2.75, 3.05) is 77.5 Å². The topological polar surface area (TPSA) is 114 Å².